The molecule has 35 heavy (non-hydrogen) atoms. The van der Waals surface area contributed by atoms with E-state index in [-0.39, 0.29) is 11.3 Å². The van der Waals surface area contributed by atoms with Crippen LogP contribution in [0.5, 0.6) is 5.75 Å². The Hall–Kier alpha value is -3.59. The molecule has 2 heterocycles. The Labute approximate surface area is 204 Å². The molecule has 10 heteroatoms. The van der Waals surface area contributed by atoms with E-state index in [0.29, 0.717) is 28.6 Å². The van der Waals surface area contributed by atoms with Crippen LogP contribution in [0, 0.1) is 0 Å². The summed E-state index contributed by atoms with van der Waals surface area (Å²) in [5, 5.41) is 12.8. The average Bonchev–Trinajstić information content (AvgIpc) is 3.33. The number of alkyl halides is 3. The molecule has 1 amide bonds. The van der Waals surface area contributed by atoms with Crippen LogP contribution in [-0.2, 0) is 12.6 Å². The van der Waals surface area contributed by atoms with E-state index >= 15 is 0 Å². The predicted molar refractivity (Wildman–Crippen MR) is 130 cm³/mol. The first-order valence-corrected chi connectivity index (χ1v) is 11.3. The molecule has 1 atom stereocenters. The van der Waals surface area contributed by atoms with Crippen LogP contribution >= 0.6 is 11.6 Å². The third kappa shape index (κ3) is 4.43. The minimum absolute atomic E-state index is 0.147. The Morgan fingerprint density at radius 3 is 2.49 bits per heavy atom. The maximum atomic E-state index is 13.4. The van der Waals surface area contributed by atoms with Crippen molar-refractivity contribution in [3.8, 4) is 5.75 Å². The molecule has 0 aliphatic carbocycles. The molecule has 0 saturated heterocycles. The molecular weight excluding hydrogens is 481 g/mol. The van der Waals surface area contributed by atoms with Crippen molar-refractivity contribution < 1.29 is 22.7 Å². The van der Waals surface area contributed by atoms with E-state index < -0.39 is 29.5 Å². The van der Waals surface area contributed by atoms with Gasteiger partial charge in [-0.3, -0.25) is 4.79 Å². The molecule has 0 fully saturated rings. The van der Waals surface area contributed by atoms with Crippen LogP contribution < -0.4 is 26.0 Å². The van der Waals surface area contributed by atoms with E-state index in [1.807, 2.05) is 32.0 Å². The van der Waals surface area contributed by atoms with Crippen molar-refractivity contribution in [3.63, 3.8) is 0 Å². The van der Waals surface area contributed by atoms with Crippen molar-refractivity contribution in [1.29, 1.82) is 0 Å². The number of ether oxygens (including phenoxy) is 1. The lowest BCUT2D eigenvalue weighted by Crippen LogP contribution is -2.31. The third-order valence-corrected chi connectivity index (χ3v) is 6.18. The molecule has 6 nitrogen and oxygen atoms in total. The molecule has 0 radical (unpaired) electrons. The standard InChI is InChI=1S/C25H22ClF3N4O2/c1-24(2)12-14-20-19(32-23(33-20)31-18-10-6-4-8-16(18)26)11-13(21(14)35-24)22(34)30-17-9-5-3-7-15(17)25(27,28)29/h3-11,23,31-33H,12H2,1-2H3,(H,30,34). The summed E-state index contributed by atoms with van der Waals surface area (Å²) in [6, 6.07) is 13.7. The number of hydrogen-bond acceptors (Lipinski definition) is 5. The van der Waals surface area contributed by atoms with E-state index in [1.54, 1.807) is 12.1 Å². The van der Waals surface area contributed by atoms with Gasteiger partial charge in [-0.1, -0.05) is 35.9 Å². The number of anilines is 4. The number of rotatable bonds is 4. The highest BCUT2D eigenvalue weighted by Crippen LogP contribution is 2.48. The molecule has 0 saturated carbocycles. The van der Waals surface area contributed by atoms with Crippen molar-refractivity contribution in [1.82, 2.24) is 0 Å². The number of amides is 1. The molecule has 3 aromatic carbocycles. The van der Waals surface area contributed by atoms with Crippen LogP contribution in [0.15, 0.2) is 54.6 Å². The minimum Gasteiger partial charge on any atom is -0.486 e. The predicted octanol–water partition coefficient (Wildman–Crippen LogP) is 6.56. The van der Waals surface area contributed by atoms with E-state index in [1.165, 1.54) is 18.2 Å². The molecule has 0 spiro atoms. The zero-order valence-corrected chi connectivity index (χ0v) is 19.6. The summed E-state index contributed by atoms with van der Waals surface area (Å²) < 4.78 is 46.4. The van der Waals surface area contributed by atoms with Crippen LogP contribution in [0.1, 0.15) is 35.3 Å². The van der Waals surface area contributed by atoms with Crippen molar-refractivity contribution in [2.24, 2.45) is 0 Å². The smallest absolute Gasteiger partial charge is 0.418 e. The fourth-order valence-electron chi connectivity index (χ4n) is 4.36. The summed E-state index contributed by atoms with van der Waals surface area (Å²) in [6.45, 7) is 3.78. The summed E-state index contributed by atoms with van der Waals surface area (Å²) in [5.74, 6) is -0.341. The number of fused-ring (bicyclic) bond motifs is 3. The zero-order chi connectivity index (χ0) is 25.0. The van der Waals surface area contributed by atoms with Crippen LogP contribution in [0.3, 0.4) is 0 Å². The molecule has 182 valence electrons. The summed E-state index contributed by atoms with van der Waals surface area (Å²) in [6.07, 6.45) is -4.52. The average molecular weight is 503 g/mol. The monoisotopic (exact) mass is 502 g/mol. The van der Waals surface area contributed by atoms with Crippen LogP contribution in [0.25, 0.3) is 0 Å². The van der Waals surface area contributed by atoms with Crippen molar-refractivity contribution >= 4 is 40.3 Å². The summed E-state index contributed by atoms with van der Waals surface area (Å²) >= 11 is 6.26. The Balaban J connectivity index is 1.48. The van der Waals surface area contributed by atoms with Crippen molar-refractivity contribution in [3.05, 3.63) is 76.3 Å². The summed E-state index contributed by atoms with van der Waals surface area (Å²) in [4.78, 5) is 13.2. The molecule has 0 bridgehead atoms. The number of benzene rings is 3. The van der Waals surface area contributed by atoms with Gasteiger partial charge in [0.2, 0.25) is 0 Å². The van der Waals surface area contributed by atoms with Gasteiger partial charge in [0, 0.05) is 12.0 Å². The molecule has 0 aromatic heterocycles. The molecule has 3 aromatic rings. The Morgan fingerprint density at radius 2 is 1.77 bits per heavy atom. The van der Waals surface area contributed by atoms with E-state index in [9.17, 15) is 18.0 Å². The van der Waals surface area contributed by atoms with E-state index in [0.717, 1.165) is 17.3 Å². The quantitative estimate of drug-likeness (QED) is 0.325. The first-order valence-electron chi connectivity index (χ1n) is 10.9. The first kappa shape index (κ1) is 23.2. The maximum Gasteiger partial charge on any atom is 0.418 e. The van der Waals surface area contributed by atoms with Crippen LogP contribution in [0.2, 0.25) is 5.02 Å². The molecule has 2 aliphatic heterocycles. The van der Waals surface area contributed by atoms with Gasteiger partial charge < -0.3 is 26.0 Å². The zero-order valence-electron chi connectivity index (χ0n) is 18.8. The largest absolute Gasteiger partial charge is 0.486 e. The third-order valence-electron chi connectivity index (χ3n) is 5.85. The summed E-state index contributed by atoms with van der Waals surface area (Å²) in [5.41, 5.74) is 1.20. The maximum absolute atomic E-state index is 13.4. The Kier molecular flexibility index (Phi) is 5.47. The highest BCUT2D eigenvalue weighted by Gasteiger charge is 2.40. The number of carbonyl (C=O) groups excluding carboxylic acids is 1. The first-order chi connectivity index (χ1) is 16.5. The topological polar surface area (TPSA) is 74.4 Å². The van der Waals surface area contributed by atoms with Crippen LogP contribution in [0.4, 0.5) is 35.9 Å². The Morgan fingerprint density at radius 1 is 1.09 bits per heavy atom. The SMILES string of the molecule is CC1(C)Cc2c3c(cc(C(=O)Nc4ccccc4C(F)(F)F)c2O1)NC(Nc1ccccc1Cl)N3. The fraction of sp³-hybridized carbons (Fsp3) is 0.240. The minimum atomic E-state index is -4.61. The highest BCUT2D eigenvalue weighted by molar-refractivity contribution is 6.33. The van der Waals surface area contributed by atoms with Gasteiger partial charge in [0.25, 0.3) is 5.91 Å². The van der Waals surface area contributed by atoms with Crippen LogP contribution in [-0.4, -0.2) is 17.8 Å². The van der Waals surface area contributed by atoms with Gasteiger partial charge in [-0.2, -0.15) is 13.2 Å². The second-order valence-corrected chi connectivity index (χ2v) is 9.44. The van der Waals surface area contributed by atoms with Gasteiger partial charge in [0.1, 0.15) is 11.4 Å². The molecule has 5 rings (SSSR count). The van der Waals surface area contributed by atoms with Gasteiger partial charge in [-0.05, 0) is 44.2 Å². The molecular formula is C25H22ClF3N4O2. The van der Waals surface area contributed by atoms with Gasteiger partial charge in [0.15, 0.2) is 6.29 Å². The number of para-hydroxylation sites is 2. The second-order valence-electron chi connectivity index (χ2n) is 9.04. The van der Waals surface area contributed by atoms with Gasteiger partial charge >= 0.3 is 6.18 Å². The molecule has 2 aliphatic rings. The van der Waals surface area contributed by atoms with Gasteiger partial charge in [-0.15, -0.1) is 0 Å². The Bertz CT molecular complexity index is 1330. The number of hydrogen-bond donors (Lipinski definition) is 4. The molecule has 4 N–H and O–H groups in total. The second kappa shape index (κ2) is 8.27. The van der Waals surface area contributed by atoms with E-state index in [2.05, 4.69) is 21.3 Å². The van der Waals surface area contributed by atoms with Crippen molar-refractivity contribution in [2.45, 2.75) is 38.3 Å². The fourth-order valence-corrected chi connectivity index (χ4v) is 4.55. The summed E-state index contributed by atoms with van der Waals surface area (Å²) in [7, 11) is 0. The lowest BCUT2D eigenvalue weighted by molar-refractivity contribution is -0.136. The number of halogens is 4. The number of carbonyl (C=O) groups is 1. The lowest BCUT2D eigenvalue weighted by atomic mass is 9.97. The normalized spacial score (nSPS) is 17.5. The highest BCUT2D eigenvalue weighted by atomic mass is 35.5. The van der Waals surface area contributed by atoms with E-state index in [4.69, 9.17) is 16.3 Å². The van der Waals surface area contributed by atoms with Crippen molar-refractivity contribution in [2.75, 3.05) is 21.3 Å². The van der Waals surface area contributed by atoms with Gasteiger partial charge in [-0.25, -0.2) is 0 Å². The van der Waals surface area contributed by atoms with Gasteiger partial charge in [0.05, 0.1) is 38.9 Å². The lowest BCUT2D eigenvalue weighted by Gasteiger charge is -2.19. The molecule has 1 unspecified atom stereocenters. The number of nitrogens with one attached hydrogen (secondary N) is 4.